The lowest BCUT2D eigenvalue weighted by molar-refractivity contribution is -0.125. The van der Waals surface area contributed by atoms with Crippen LogP contribution in [0.3, 0.4) is 0 Å². The van der Waals surface area contributed by atoms with Gasteiger partial charge in [-0.1, -0.05) is 59.6 Å². The van der Waals surface area contributed by atoms with Crippen LogP contribution in [0, 0.1) is 5.92 Å². The van der Waals surface area contributed by atoms with E-state index in [1.165, 1.54) is 11.6 Å². The van der Waals surface area contributed by atoms with E-state index >= 15 is 0 Å². The predicted octanol–water partition coefficient (Wildman–Crippen LogP) is 5.10. The molecule has 2 saturated heterocycles. The van der Waals surface area contributed by atoms with E-state index in [0.717, 1.165) is 44.2 Å². The van der Waals surface area contributed by atoms with Crippen molar-refractivity contribution in [1.82, 2.24) is 15.1 Å². The molecule has 9 heteroatoms. The van der Waals surface area contributed by atoms with Gasteiger partial charge in [-0.15, -0.1) is 0 Å². The molecule has 1 atom stereocenters. The molecular formula is C25H26Cl2N4O2S. The summed E-state index contributed by atoms with van der Waals surface area (Å²) in [6, 6.07) is 15.6. The van der Waals surface area contributed by atoms with Crippen LogP contribution in [0.1, 0.15) is 18.4 Å². The van der Waals surface area contributed by atoms with Crippen molar-refractivity contribution in [2.45, 2.75) is 19.4 Å². The Morgan fingerprint density at radius 2 is 1.94 bits per heavy atom. The van der Waals surface area contributed by atoms with Crippen LogP contribution < -0.4 is 5.32 Å². The van der Waals surface area contributed by atoms with E-state index < -0.39 is 0 Å². The van der Waals surface area contributed by atoms with E-state index in [-0.39, 0.29) is 11.8 Å². The first-order valence-electron chi connectivity index (χ1n) is 11.1. The van der Waals surface area contributed by atoms with E-state index in [1.54, 1.807) is 30.1 Å². The van der Waals surface area contributed by atoms with Crippen molar-refractivity contribution in [3.63, 3.8) is 0 Å². The second kappa shape index (κ2) is 11.4. The number of carbonyl (C=O) groups is 2. The standard InChI is InChI=1S/C25H26Cl2N4O2S/c1-30(12-10-18-11-13-31(16-18)15-17-6-3-2-4-7-17)22(32)14-21-24(33)29-25(34-21)28-23-19(26)8-5-9-20(23)27/h2-9,14,18H,10-13,15-16H2,1H3,(H,28,29,33)/b21-14-. The number of thioether (sulfide) groups is 1. The zero-order chi connectivity index (χ0) is 24.1. The maximum atomic E-state index is 12.7. The summed E-state index contributed by atoms with van der Waals surface area (Å²) in [5, 5.41) is 3.78. The molecule has 0 bridgehead atoms. The number of carbonyl (C=O) groups excluding carboxylic acids is 2. The van der Waals surface area contributed by atoms with Gasteiger partial charge < -0.3 is 10.2 Å². The average Bonchev–Trinajstić information content (AvgIpc) is 3.41. The molecule has 0 aliphatic carbocycles. The number of hydrogen-bond donors (Lipinski definition) is 1. The predicted molar refractivity (Wildman–Crippen MR) is 139 cm³/mol. The molecule has 1 N–H and O–H groups in total. The van der Waals surface area contributed by atoms with Crippen LogP contribution in [0.2, 0.25) is 10.0 Å². The molecule has 6 nitrogen and oxygen atoms in total. The van der Waals surface area contributed by atoms with Crippen molar-refractivity contribution >= 4 is 57.6 Å². The maximum Gasteiger partial charge on any atom is 0.264 e. The Morgan fingerprint density at radius 3 is 2.68 bits per heavy atom. The zero-order valence-corrected chi connectivity index (χ0v) is 21.2. The van der Waals surface area contributed by atoms with Gasteiger partial charge in [0.15, 0.2) is 5.17 Å². The zero-order valence-electron chi connectivity index (χ0n) is 18.8. The molecule has 4 rings (SSSR count). The molecule has 0 saturated carbocycles. The number of para-hydroxylation sites is 1. The summed E-state index contributed by atoms with van der Waals surface area (Å²) in [6.45, 7) is 3.74. The third kappa shape index (κ3) is 6.42. The lowest BCUT2D eigenvalue weighted by Gasteiger charge is -2.19. The fourth-order valence-corrected chi connectivity index (χ4v) is 5.29. The number of amidine groups is 1. The molecule has 2 aromatic carbocycles. The maximum absolute atomic E-state index is 12.7. The van der Waals surface area contributed by atoms with Crippen molar-refractivity contribution < 1.29 is 9.59 Å². The van der Waals surface area contributed by atoms with Crippen LogP contribution in [0.15, 0.2) is 64.5 Å². The van der Waals surface area contributed by atoms with E-state index in [1.807, 2.05) is 6.07 Å². The summed E-state index contributed by atoms with van der Waals surface area (Å²) in [4.78, 5) is 33.8. The van der Waals surface area contributed by atoms with Gasteiger partial charge in [-0.05, 0) is 54.8 Å². The Bertz CT molecular complexity index is 1100. The van der Waals surface area contributed by atoms with Gasteiger partial charge >= 0.3 is 0 Å². The van der Waals surface area contributed by atoms with Crippen molar-refractivity contribution in [1.29, 1.82) is 0 Å². The van der Waals surface area contributed by atoms with Gasteiger partial charge in [0, 0.05) is 32.8 Å². The molecule has 2 amide bonds. The van der Waals surface area contributed by atoms with Crippen LogP contribution in [-0.4, -0.2) is 53.5 Å². The second-order valence-corrected chi connectivity index (χ2v) is 10.3. The minimum Gasteiger partial charge on any atom is -0.342 e. The third-order valence-corrected chi connectivity index (χ3v) is 7.44. The number of halogens is 2. The summed E-state index contributed by atoms with van der Waals surface area (Å²) >= 11 is 13.4. The molecule has 2 heterocycles. The minimum absolute atomic E-state index is 0.200. The number of likely N-dealkylation sites (N-methyl/N-ethyl adjacent to an activating group) is 1. The van der Waals surface area contributed by atoms with Crippen LogP contribution in [0.25, 0.3) is 0 Å². The highest BCUT2D eigenvalue weighted by molar-refractivity contribution is 8.18. The number of aliphatic imine (C=N–C) groups is 1. The molecule has 2 aromatic rings. The molecule has 0 aromatic heterocycles. The molecular weight excluding hydrogens is 491 g/mol. The largest absolute Gasteiger partial charge is 0.342 e. The number of amides is 2. The molecule has 34 heavy (non-hydrogen) atoms. The summed E-state index contributed by atoms with van der Waals surface area (Å²) < 4.78 is 0. The first-order valence-corrected chi connectivity index (χ1v) is 12.7. The van der Waals surface area contributed by atoms with Crippen LogP contribution in [0.5, 0.6) is 0 Å². The first kappa shape index (κ1) is 24.8. The lowest BCUT2D eigenvalue weighted by atomic mass is 10.0. The Morgan fingerprint density at radius 1 is 1.21 bits per heavy atom. The fourth-order valence-electron chi connectivity index (χ4n) is 4.02. The number of rotatable bonds is 7. The highest BCUT2D eigenvalue weighted by Crippen LogP contribution is 2.35. The van der Waals surface area contributed by atoms with E-state index in [4.69, 9.17) is 23.2 Å². The SMILES string of the molecule is CN(CCC1CCN(Cc2ccccc2)C1)C(=O)/C=C1\SC(=Nc2c(Cl)cccc2Cl)NC1=O. The smallest absolute Gasteiger partial charge is 0.264 e. The molecule has 2 fully saturated rings. The van der Waals surface area contributed by atoms with Gasteiger partial charge in [0.2, 0.25) is 5.91 Å². The van der Waals surface area contributed by atoms with Crippen LogP contribution in [0.4, 0.5) is 5.69 Å². The average molecular weight is 517 g/mol. The van der Waals surface area contributed by atoms with E-state index in [0.29, 0.717) is 38.3 Å². The van der Waals surface area contributed by atoms with Gasteiger partial charge in [0.1, 0.15) is 5.69 Å². The van der Waals surface area contributed by atoms with E-state index in [2.05, 4.69) is 39.5 Å². The summed E-state index contributed by atoms with van der Waals surface area (Å²) in [5.74, 6) is 0.00436. The Kier molecular flexibility index (Phi) is 8.32. The van der Waals surface area contributed by atoms with Crippen molar-refractivity contribution in [2.75, 3.05) is 26.7 Å². The third-order valence-electron chi connectivity index (χ3n) is 5.92. The molecule has 178 valence electrons. The Hall–Kier alpha value is -2.32. The Balaban J connectivity index is 1.28. The lowest BCUT2D eigenvalue weighted by Crippen LogP contribution is -2.28. The molecule has 1 unspecified atom stereocenters. The molecule has 2 aliphatic heterocycles. The van der Waals surface area contributed by atoms with Gasteiger partial charge in [0.25, 0.3) is 5.91 Å². The fraction of sp³-hybridized carbons (Fsp3) is 0.320. The number of nitrogens with one attached hydrogen (secondary N) is 1. The van der Waals surface area contributed by atoms with Gasteiger partial charge in [-0.2, -0.15) is 0 Å². The van der Waals surface area contributed by atoms with Crippen molar-refractivity contribution in [2.24, 2.45) is 10.9 Å². The second-order valence-electron chi connectivity index (χ2n) is 8.48. The molecule has 0 spiro atoms. The number of likely N-dealkylation sites (tertiary alicyclic amines) is 1. The van der Waals surface area contributed by atoms with Crippen molar-refractivity contribution in [3.05, 3.63) is 75.1 Å². The highest BCUT2D eigenvalue weighted by atomic mass is 35.5. The summed E-state index contributed by atoms with van der Waals surface area (Å²) in [7, 11) is 1.77. The number of benzene rings is 2. The number of nitrogens with zero attached hydrogens (tertiary/aromatic N) is 3. The van der Waals surface area contributed by atoms with Gasteiger partial charge in [-0.25, -0.2) is 4.99 Å². The first-order chi connectivity index (χ1) is 16.4. The van der Waals surface area contributed by atoms with E-state index in [9.17, 15) is 9.59 Å². The topological polar surface area (TPSA) is 65.0 Å². The molecule has 0 radical (unpaired) electrons. The molecule has 2 aliphatic rings. The number of hydrogen-bond acceptors (Lipinski definition) is 5. The summed E-state index contributed by atoms with van der Waals surface area (Å²) in [6.07, 6.45) is 3.44. The van der Waals surface area contributed by atoms with Gasteiger partial charge in [-0.3, -0.25) is 14.5 Å². The minimum atomic E-state index is -0.360. The summed E-state index contributed by atoms with van der Waals surface area (Å²) in [5.41, 5.74) is 1.71. The monoisotopic (exact) mass is 516 g/mol. The normalized spacial score (nSPS) is 20.8. The van der Waals surface area contributed by atoms with Crippen LogP contribution in [-0.2, 0) is 16.1 Å². The Labute approximate surface area is 214 Å². The highest BCUT2D eigenvalue weighted by Gasteiger charge is 2.27. The van der Waals surface area contributed by atoms with Crippen molar-refractivity contribution in [3.8, 4) is 0 Å². The van der Waals surface area contributed by atoms with Crippen LogP contribution >= 0.6 is 35.0 Å². The van der Waals surface area contributed by atoms with Gasteiger partial charge in [0.05, 0.1) is 15.0 Å². The quantitative estimate of drug-likeness (QED) is 0.520.